The molecule has 0 bridgehead atoms. The molecule has 1 radical (unpaired) electrons. The van der Waals surface area contributed by atoms with Crippen molar-refractivity contribution >= 4 is 0 Å². The third kappa shape index (κ3) is 54.5. The van der Waals surface area contributed by atoms with Crippen molar-refractivity contribution in [3.63, 3.8) is 0 Å². The molecule has 0 aliphatic carbocycles. The van der Waals surface area contributed by atoms with E-state index in [1.807, 2.05) is 0 Å². The molecule has 0 saturated heterocycles. The number of rotatable bonds is 102. The molecule has 0 aromatic heterocycles. The minimum Gasteiger partial charge on any atom is -0.0654 e. The molecule has 0 rings (SSSR count). The highest BCUT2D eigenvalue weighted by Crippen LogP contribution is 2.80. The topological polar surface area (TPSA) is 0 Å². The van der Waals surface area contributed by atoms with Crippen LogP contribution in [0.3, 0.4) is 0 Å². The summed E-state index contributed by atoms with van der Waals surface area (Å²) in [4.78, 5) is 0. The fourth-order valence-electron chi connectivity index (χ4n) is 27.6. The summed E-state index contributed by atoms with van der Waals surface area (Å²) in [6.07, 6.45) is 125. The Morgan fingerprint density at radius 3 is 0.832 bits per heavy atom. The molecule has 0 N–H and O–H groups in total. The fourth-order valence-corrected chi connectivity index (χ4v) is 27.6. The zero-order valence-corrected chi connectivity index (χ0v) is 92.4. The molecule has 0 nitrogen and oxygen atoms in total. The predicted molar refractivity (Wildman–Crippen MR) is 578 cm³/mol. The minimum absolute atomic E-state index is 0.120. The van der Waals surface area contributed by atoms with E-state index < -0.39 is 0 Å². The molecular weight excluding hydrogens is 1500 g/mol. The van der Waals surface area contributed by atoms with E-state index in [1.54, 1.807) is 12.8 Å². The van der Waals surface area contributed by atoms with Crippen LogP contribution in [-0.2, 0) is 0 Å². The van der Waals surface area contributed by atoms with Gasteiger partial charge >= 0.3 is 0 Å². The van der Waals surface area contributed by atoms with Crippen molar-refractivity contribution < 1.29 is 0 Å². The van der Waals surface area contributed by atoms with E-state index in [4.69, 9.17) is 0 Å². The summed E-state index contributed by atoms with van der Waals surface area (Å²) in [7, 11) is 0. The molecule has 0 amide bonds. The van der Waals surface area contributed by atoms with Gasteiger partial charge in [-0.25, -0.2) is 0 Å². The Morgan fingerprint density at radius 2 is 0.464 bits per heavy atom. The summed E-state index contributed by atoms with van der Waals surface area (Å²) in [5, 5.41) is 0. The van der Waals surface area contributed by atoms with E-state index in [9.17, 15) is 0 Å². The van der Waals surface area contributed by atoms with Crippen molar-refractivity contribution in [2.45, 2.75) is 711 Å². The van der Waals surface area contributed by atoms with Crippen LogP contribution in [0, 0.1) is 92.7 Å². The van der Waals surface area contributed by atoms with Crippen molar-refractivity contribution in [2.24, 2.45) is 86.8 Å². The van der Waals surface area contributed by atoms with Crippen molar-refractivity contribution in [1.82, 2.24) is 0 Å². The number of hydrogen-bond acceptors (Lipinski definition) is 0. The van der Waals surface area contributed by atoms with E-state index in [1.165, 1.54) is 546 Å². The van der Waals surface area contributed by atoms with E-state index >= 15 is 0 Å². The molecule has 0 heteroatoms. The molecule has 0 aliphatic rings. The first kappa shape index (κ1) is 125. The summed E-state index contributed by atoms with van der Waals surface area (Å²) in [5.41, 5.74) is 0.540. The van der Waals surface area contributed by atoms with E-state index in [-0.39, 0.29) is 21.7 Å². The molecule has 0 spiro atoms. The maximum absolute atomic E-state index is 3.23. The van der Waals surface area contributed by atoms with E-state index in [0.29, 0.717) is 23.7 Å². The SMILES string of the molecule is CCCCCCCCCCCC(C)C(CC(CCC)CCCCC)(C(C)CC(CCC)CCCCC)C(CC(C)CCCCCCCCCC)(CC(CCC)CCCCC)C(CCC(C)CCCCCCCCC)(CC(CCC)CCCCC)C(CCC)(CCCC(C)CCCCCCCC)[C](CC(CCC)CCCCC)C(CC)CCCCCCCCCC. The highest BCUT2D eigenvalue weighted by atomic mass is 14.8. The maximum Gasteiger partial charge on any atom is -0.0140 e. The average Bonchev–Trinajstić information content (AvgIpc) is 0.673. The smallest absolute Gasteiger partial charge is 0.0140 e. The highest BCUT2D eigenvalue weighted by molar-refractivity contribution is 5.26. The van der Waals surface area contributed by atoms with Gasteiger partial charge in [0.1, 0.15) is 0 Å². The summed E-state index contributed by atoms with van der Waals surface area (Å²) in [5.74, 6) is 10.5. The molecule has 0 aromatic rings. The van der Waals surface area contributed by atoms with Crippen LogP contribution in [-0.4, -0.2) is 0 Å². The van der Waals surface area contributed by atoms with Crippen LogP contribution in [0.5, 0.6) is 0 Å². The van der Waals surface area contributed by atoms with E-state index in [0.717, 1.165) is 41.4 Å². The lowest BCUT2D eigenvalue weighted by Gasteiger charge is -2.74. The van der Waals surface area contributed by atoms with Crippen LogP contribution in [0.2, 0.25) is 0 Å². The molecule has 0 aliphatic heterocycles. The summed E-state index contributed by atoms with van der Waals surface area (Å²) < 4.78 is 0. The van der Waals surface area contributed by atoms with E-state index in [2.05, 4.69) is 158 Å². The largest absolute Gasteiger partial charge is 0.0654 e. The Labute approximate surface area is 798 Å². The lowest BCUT2D eigenvalue weighted by atomic mass is 9.29. The Morgan fingerprint density at radius 1 is 0.184 bits per heavy atom. The lowest BCUT2D eigenvalue weighted by molar-refractivity contribution is -0.247. The van der Waals surface area contributed by atoms with Gasteiger partial charge in [-0.1, -0.05) is 647 Å². The minimum atomic E-state index is 0.120. The predicted octanol–water partition coefficient (Wildman–Crippen LogP) is 46.7. The molecule has 0 fully saturated rings. The quantitative estimate of drug-likeness (QED) is 0.0533. The van der Waals surface area contributed by atoms with Gasteiger partial charge in [-0.05, 0) is 157 Å². The molecule has 0 aromatic carbocycles. The van der Waals surface area contributed by atoms with Gasteiger partial charge in [0.15, 0.2) is 0 Å². The van der Waals surface area contributed by atoms with Gasteiger partial charge in [-0.15, -0.1) is 0 Å². The second-order valence-corrected chi connectivity index (χ2v) is 45.8. The monoisotopic (exact) mass is 1750 g/mol. The highest BCUT2D eigenvalue weighted by Gasteiger charge is 2.72. The van der Waals surface area contributed by atoms with Gasteiger partial charge in [0.05, 0.1) is 0 Å². The standard InChI is InChI=1S/C125H251/c1-23-40-50-55-60-63-66-71-81-93-113(21)125(109-119(88-37-15)98-77-49-32-10,114(22)104-115(84-33-11)94-73-45-28-6)124(108-118(87-36-14)97-76-48-31-9,106-112(20)91-80-70-65-61-56-51-41-24-2)123(107-117(86-35-13)96-75-47-30-8,103-100-111(19)90-79-69-64-58-53-43-26-4)122(101-38-16,102-83-92-110(18)89-78-68-59-54-44-27-5)121(105-116(85-34-12)95-74-46-29-7)120(39-17)99-82-72-67-62-57-52-42-25-3/h110-120H,23-109H2,1-22H3. The van der Waals surface area contributed by atoms with Crippen molar-refractivity contribution in [3.8, 4) is 0 Å². The van der Waals surface area contributed by atoms with Gasteiger partial charge in [0, 0.05) is 0 Å². The number of hydrogen-bond donors (Lipinski definition) is 0. The Balaban J connectivity index is 12.5. The molecule has 751 valence electrons. The van der Waals surface area contributed by atoms with Crippen LogP contribution in [0.25, 0.3) is 0 Å². The molecule has 0 saturated carbocycles. The van der Waals surface area contributed by atoms with Crippen LogP contribution in [0.1, 0.15) is 711 Å². The van der Waals surface area contributed by atoms with Crippen LogP contribution in [0.15, 0.2) is 0 Å². The maximum atomic E-state index is 3.23. The molecular formula is C125H251. The Hall–Kier alpha value is 0. The lowest BCUT2D eigenvalue weighted by Crippen LogP contribution is -2.68. The zero-order chi connectivity index (χ0) is 92.4. The normalized spacial score (nSPS) is 16.9. The first-order valence-corrected chi connectivity index (χ1v) is 60.8. The zero-order valence-electron chi connectivity index (χ0n) is 92.4. The third-order valence-corrected chi connectivity index (χ3v) is 34.5. The van der Waals surface area contributed by atoms with Gasteiger partial charge in [-0.3, -0.25) is 0 Å². The molecule has 0 heterocycles. The Kier molecular flexibility index (Phi) is 86.8. The van der Waals surface area contributed by atoms with Crippen LogP contribution in [0.4, 0.5) is 0 Å². The number of unbranched alkanes of at least 4 members (excludes halogenated alkanes) is 43. The van der Waals surface area contributed by atoms with Gasteiger partial charge in [0.25, 0.3) is 0 Å². The third-order valence-electron chi connectivity index (χ3n) is 34.5. The van der Waals surface area contributed by atoms with Crippen LogP contribution < -0.4 is 0 Å². The second kappa shape index (κ2) is 86.8. The van der Waals surface area contributed by atoms with Gasteiger partial charge in [-0.2, -0.15) is 0 Å². The van der Waals surface area contributed by atoms with Crippen molar-refractivity contribution in [2.75, 3.05) is 0 Å². The summed E-state index contributed by atoms with van der Waals surface area (Å²) in [6, 6.07) is 0. The average molecular weight is 1750 g/mol. The van der Waals surface area contributed by atoms with Gasteiger partial charge in [0.2, 0.25) is 0 Å². The fraction of sp³-hybridized carbons (Fsp3) is 0.992. The molecule has 15 atom stereocenters. The van der Waals surface area contributed by atoms with Crippen LogP contribution >= 0.6 is 0 Å². The first-order chi connectivity index (χ1) is 60.9. The second-order valence-electron chi connectivity index (χ2n) is 45.8. The first-order valence-electron chi connectivity index (χ1n) is 60.8. The van der Waals surface area contributed by atoms with Gasteiger partial charge < -0.3 is 0 Å². The Bertz CT molecular complexity index is 2120. The van der Waals surface area contributed by atoms with Crippen molar-refractivity contribution in [1.29, 1.82) is 0 Å². The molecule has 15 unspecified atom stereocenters. The van der Waals surface area contributed by atoms with Crippen molar-refractivity contribution in [3.05, 3.63) is 5.92 Å². The summed E-state index contributed by atoms with van der Waals surface area (Å²) >= 11 is 0. The molecule has 125 heavy (non-hydrogen) atoms. The summed E-state index contributed by atoms with van der Waals surface area (Å²) in [6.45, 7) is 59.4.